The van der Waals surface area contributed by atoms with E-state index in [0.717, 1.165) is 10.5 Å². The van der Waals surface area contributed by atoms with Gasteiger partial charge in [0.2, 0.25) is 0 Å². The normalized spacial score (nSPS) is 12.1. The average Bonchev–Trinajstić information content (AvgIpc) is 2.38. The van der Waals surface area contributed by atoms with Crippen LogP contribution in [0.3, 0.4) is 0 Å². The zero-order valence-electron chi connectivity index (χ0n) is 10.4. The quantitative estimate of drug-likeness (QED) is 0.803. The Hall–Kier alpha value is -1.16. The monoisotopic (exact) mass is 326 g/mol. The van der Waals surface area contributed by atoms with Gasteiger partial charge in [-0.15, -0.1) is 11.8 Å². The molecule has 1 atom stereocenters. The molecule has 0 bridgehead atoms. The van der Waals surface area contributed by atoms with Crippen LogP contribution in [-0.4, -0.2) is 16.3 Å². The lowest BCUT2D eigenvalue weighted by atomic mass is 10.1. The van der Waals surface area contributed by atoms with E-state index in [-0.39, 0.29) is 0 Å². The largest absolute Gasteiger partial charge is 0.480 e. The van der Waals surface area contributed by atoms with E-state index in [2.05, 4.69) is 0 Å². The number of hydrogen-bond acceptors (Lipinski definition) is 2. The summed E-state index contributed by atoms with van der Waals surface area (Å²) < 4.78 is 0. The molecule has 104 valence electrons. The smallest absolute Gasteiger partial charge is 0.317 e. The highest BCUT2D eigenvalue weighted by molar-refractivity contribution is 8.00. The highest BCUT2D eigenvalue weighted by atomic mass is 35.5. The van der Waals surface area contributed by atoms with Gasteiger partial charge in [-0.1, -0.05) is 41.4 Å². The SMILES string of the molecule is O=C(O)C(Cc1cc(Cl)cc(Cl)c1)Sc1ccccc1. The minimum absolute atomic E-state index is 0.370. The number of thioether (sulfide) groups is 1. The Labute approximate surface area is 131 Å². The first-order chi connectivity index (χ1) is 9.54. The fourth-order valence-electron chi connectivity index (χ4n) is 1.79. The fraction of sp³-hybridized carbons (Fsp3) is 0.133. The molecule has 0 aromatic heterocycles. The molecule has 0 spiro atoms. The van der Waals surface area contributed by atoms with Crippen LogP contribution in [-0.2, 0) is 11.2 Å². The summed E-state index contributed by atoms with van der Waals surface area (Å²) in [6.07, 6.45) is 0.370. The first-order valence-electron chi connectivity index (χ1n) is 5.94. The van der Waals surface area contributed by atoms with Gasteiger partial charge in [0.25, 0.3) is 0 Å². The van der Waals surface area contributed by atoms with Crippen LogP contribution in [0.1, 0.15) is 5.56 Å². The van der Waals surface area contributed by atoms with Crippen molar-refractivity contribution in [2.45, 2.75) is 16.6 Å². The van der Waals surface area contributed by atoms with Crippen molar-refractivity contribution in [3.8, 4) is 0 Å². The van der Waals surface area contributed by atoms with Crippen molar-refractivity contribution < 1.29 is 9.90 Å². The number of benzene rings is 2. The van der Waals surface area contributed by atoms with Crippen LogP contribution >= 0.6 is 35.0 Å². The summed E-state index contributed by atoms with van der Waals surface area (Å²) >= 11 is 13.2. The second-order valence-electron chi connectivity index (χ2n) is 4.24. The third-order valence-electron chi connectivity index (χ3n) is 2.64. The van der Waals surface area contributed by atoms with Gasteiger partial charge in [-0.2, -0.15) is 0 Å². The number of aliphatic carboxylic acids is 1. The number of hydrogen-bond donors (Lipinski definition) is 1. The van der Waals surface area contributed by atoms with Gasteiger partial charge in [0.05, 0.1) is 0 Å². The maximum absolute atomic E-state index is 11.4. The minimum atomic E-state index is -0.852. The van der Waals surface area contributed by atoms with Crippen LogP contribution < -0.4 is 0 Å². The van der Waals surface area contributed by atoms with Crippen molar-refractivity contribution in [2.75, 3.05) is 0 Å². The van der Waals surface area contributed by atoms with Crippen molar-refractivity contribution in [1.82, 2.24) is 0 Å². The molecule has 0 fully saturated rings. The molecule has 2 nitrogen and oxygen atoms in total. The molecule has 20 heavy (non-hydrogen) atoms. The summed E-state index contributed by atoms with van der Waals surface area (Å²) in [5.74, 6) is -0.852. The Kier molecular flexibility index (Phi) is 5.35. The van der Waals surface area contributed by atoms with Crippen molar-refractivity contribution in [2.24, 2.45) is 0 Å². The van der Waals surface area contributed by atoms with E-state index in [0.29, 0.717) is 16.5 Å². The highest BCUT2D eigenvalue weighted by Crippen LogP contribution is 2.28. The molecule has 1 unspecified atom stereocenters. The van der Waals surface area contributed by atoms with Crippen LogP contribution in [0.4, 0.5) is 0 Å². The summed E-state index contributed by atoms with van der Waals surface area (Å²) in [6.45, 7) is 0. The Morgan fingerprint density at radius 3 is 2.25 bits per heavy atom. The molecular weight excluding hydrogens is 315 g/mol. The molecule has 5 heteroatoms. The predicted molar refractivity (Wildman–Crippen MR) is 83.9 cm³/mol. The van der Waals surface area contributed by atoms with E-state index in [9.17, 15) is 9.90 Å². The lowest BCUT2D eigenvalue weighted by Crippen LogP contribution is -2.19. The lowest BCUT2D eigenvalue weighted by molar-refractivity contribution is -0.136. The number of carboxylic acids is 1. The molecule has 0 saturated carbocycles. The highest BCUT2D eigenvalue weighted by Gasteiger charge is 2.19. The maximum atomic E-state index is 11.4. The maximum Gasteiger partial charge on any atom is 0.317 e. The van der Waals surface area contributed by atoms with E-state index < -0.39 is 11.2 Å². The summed E-state index contributed by atoms with van der Waals surface area (Å²) in [5, 5.41) is 9.80. The van der Waals surface area contributed by atoms with Crippen molar-refractivity contribution in [3.63, 3.8) is 0 Å². The topological polar surface area (TPSA) is 37.3 Å². The molecule has 2 rings (SSSR count). The Bertz CT molecular complexity index is 582. The van der Waals surface area contributed by atoms with E-state index in [1.165, 1.54) is 11.8 Å². The van der Waals surface area contributed by atoms with Crippen LogP contribution in [0.2, 0.25) is 10.0 Å². The van der Waals surface area contributed by atoms with E-state index in [1.807, 2.05) is 30.3 Å². The van der Waals surface area contributed by atoms with Crippen LogP contribution in [0.15, 0.2) is 53.4 Å². The summed E-state index contributed by atoms with van der Waals surface area (Å²) in [4.78, 5) is 12.3. The van der Waals surface area contributed by atoms with Gasteiger partial charge in [-0.25, -0.2) is 0 Å². The zero-order chi connectivity index (χ0) is 14.5. The Morgan fingerprint density at radius 2 is 1.70 bits per heavy atom. The predicted octanol–water partition coefficient (Wildman–Crippen LogP) is 4.78. The Balaban J connectivity index is 2.15. The molecule has 0 heterocycles. The van der Waals surface area contributed by atoms with Gasteiger partial charge >= 0.3 is 5.97 Å². The van der Waals surface area contributed by atoms with Gasteiger partial charge < -0.3 is 5.11 Å². The van der Waals surface area contributed by atoms with Gasteiger partial charge in [0.15, 0.2) is 0 Å². The standard InChI is InChI=1S/C15H12Cl2O2S/c16-11-6-10(7-12(17)9-11)8-14(15(18)19)20-13-4-2-1-3-5-13/h1-7,9,14H,8H2,(H,18,19). The number of halogens is 2. The number of carbonyl (C=O) groups is 1. The summed E-state index contributed by atoms with van der Waals surface area (Å²) in [7, 11) is 0. The van der Waals surface area contributed by atoms with E-state index >= 15 is 0 Å². The third-order valence-corrected chi connectivity index (χ3v) is 4.27. The number of carboxylic acid groups (broad SMARTS) is 1. The molecule has 0 saturated heterocycles. The molecule has 1 N–H and O–H groups in total. The molecule has 0 amide bonds. The number of rotatable bonds is 5. The van der Waals surface area contributed by atoms with Crippen molar-refractivity contribution in [3.05, 3.63) is 64.1 Å². The Morgan fingerprint density at radius 1 is 1.10 bits per heavy atom. The van der Waals surface area contributed by atoms with Crippen LogP contribution in [0.25, 0.3) is 0 Å². The minimum Gasteiger partial charge on any atom is -0.480 e. The van der Waals surface area contributed by atoms with Gasteiger partial charge in [-0.3, -0.25) is 4.79 Å². The summed E-state index contributed by atoms with van der Waals surface area (Å²) in [5.41, 5.74) is 0.818. The molecule has 0 aliphatic carbocycles. The second kappa shape index (κ2) is 7.02. The molecule has 0 aliphatic rings. The molecule has 0 aliphatic heterocycles. The first-order valence-corrected chi connectivity index (χ1v) is 7.57. The first kappa shape index (κ1) is 15.2. The van der Waals surface area contributed by atoms with Crippen LogP contribution in [0, 0.1) is 0 Å². The van der Waals surface area contributed by atoms with E-state index in [1.54, 1.807) is 18.2 Å². The lowest BCUT2D eigenvalue weighted by Gasteiger charge is -2.12. The van der Waals surface area contributed by atoms with Gasteiger partial charge in [0.1, 0.15) is 5.25 Å². The van der Waals surface area contributed by atoms with Gasteiger partial charge in [-0.05, 0) is 42.3 Å². The second-order valence-corrected chi connectivity index (χ2v) is 6.39. The van der Waals surface area contributed by atoms with Gasteiger partial charge in [0, 0.05) is 14.9 Å². The fourth-order valence-corrected chi connectivity index (χ4v) is 3.38. The molecule has 0 radical (unpaired) electrons. The molecular formula is C15H12Cl2O2S. The van der Waals surface area contributed by atoms with Crippen LogP contribution in [0.5, 0.6) is 0 Å². The third kappa shape index (κ3) is 4.44. The molecule has 2 aromatic rings. The summed E-state index contributed by atoms with van der Waals surface area (Å²) in [6, 6.07) is 14.6. The zero-order valence-corrected chi connectivity index (χ0v) is 12.8. The van der Waals surface area contributed by atoms with Crippen molar-refractivity contribution in [1.29, 1.82) is 0 Å². The van der Waals surface area contributed by atoms with E-state index in [4.69, 9.17) is 23.2 Å². The van der Waals surface area contributed by atoms with Crippen molar-refractivity contribution >= 4 is 40.9 Å². The average molecular weight is 327 g/mol. The molecule has 2 aromatic carbocycles.